The van der Waals surface area contributed by atoms with E-state index in [0.29, 0.717) is 12.8 Å². The lowest BCUT2D eigenvalue weighted by atomic mass is 9.97. The van der Waals surface area contributed by atoms with Crippen LogP contribution in [0, 0.1) is 11.7 Å². The highest BCUT2D eigenvalue weighted by molar-refractivity contribution is 5.70. The molecule has 1 unspecified atom stereocenters. The molecule has 2 heterocycles. The van der Waals surface area contributed by atoms with Gasteiger partial charge in [0.15, 0.2) is 0 Å². The van der Waals surface area contributed by atoms with Crippen LogP contribution >= 0.6 is 0 Å². The molecule has 1 atom stereocenters. The highest BCUT2D eigenvalue weighted by atomic mass is 19.1. The third kappa shape index (κ3) is 2.77. The number of likely N-dealkylation sites (tertiary alicyclic amines) is 1. The number of hydrogen-bond acceptors (Lipinski definition) is 3. The molecule has 0 saturated carbocycles. The summed E-state index contributed by atoms with van der Waals surface area (Å²) in [7, 11) is 0. The summed E-state index contributed by atoms with van der Waals surface area (Å²) in [6.07, 6.45) is 2.17. The molecule has 1 N–H and O–H groups in total. The summed E-state index contributed by atoms with van der Waals surface area (Å²) in [6.45, 7) is 2.37. The van der Waals surface area contributed by atoms with Crippen molar-refractivity contribution in [3.8, 4) is 5.75 Å². The number of piperidine rings is 1. The molecule has 1 saturated heterocycles. The third-order valence-corrected chi connectivity index (χ3v) is 4.16. The number of fused-ring (bicyclic) bond motifs is 1. The second kappa shape index (κ2) is 5.40. The van der Waals surface area contributed by atoms with Crippen molar-refractivity contribution in [3.63, 3.8) is 0 Å². The highest BCUT2D eigenvalue weighted by Crippen LogP contribution is 2.30. The van der Waals surface area contributed by atoms with Gasteiger partial charge < -0.3 is 9.84 Å². The maximum absolute atomic E-state index is 13.1. The van der Waals surface area contributed by atoms with Crippen LogP contribution in [0.2, 0.25) is 0 Å². The first kappa shape index (κ1) is 13.4. The minimum absolute atomic E-state index is 0.0492. The Hall–Kier alpha value is -1.62. The number of halogens is 1. The minimum Gasteiger partial charge on any atom is -0.488 e. The molecule has 5 heteroatoms. The van der Waals surface area contributed by atoms with Crippen molar-refractivity contribution in [2.45, 2.75) is 25.4 Å². The van der Waals surface area contributed by atoms with Crippen molar-refractivity contribution >= 4 is 5.97 Å². The van der Waals surface area contributed by atoms with Crippen molar-refractivity contribution < 1.29 is 19.0 Å². The van der Waals surface area contributed by atoms with Gasteiger partial charge in [-0.25, -0.2) is 4.39 Å². The number of benzene rings is 1. The van der Waals surface area contributed by atoms with Gasteiger partial charge in [-0.3, -0.25) is 9.69 Å². The summed E-state index contributed by atoms with van der Waals surface area (Å²) >= 11 is 0. The molecule has 1 aromatic rings. The maximum atomic E-state index is 13.1. The third-order valence-electron chi connectivity index (χ3n) is 4.16. The SMILES string of the molecule is O=C(O)C1CCN(CC2Cc3cc(F)ccc3O2)CC1. The number of carboxylic acids is 1. The zero-order chi connectivity index (χ0) is 14.1. The summed E-state index contributed by atoms with van der Waals surface area (Å²) in [4.78, 5) is 13.1. The summed E-state index contributed by atoms with van der Waals surface area (Å²) in [5.41, 5.74) is 0.926. The molecular formula is C15H18FNO3. The number of aliphatic carboxylic acids is 1. The van der Waals surface area contributed by atoms with E-state index in [0.717, 1.165) is 37.4 Å². The zero-order valence-corrected chi connectivity index (χ0v) is 11.2. The van der Waals surface area contributed by atoms with Gasteiger partial charge in [0.25, 0.3) is 0 Å². The molecule has 1 fully saturated rings. The van der Waals surface area contributed by atoms with Gasteiger partial charge in [-0.05, 0) is 44.1 Å². The van der Waals surface area contributed by atoms with E-state index in [2.05, 4.69) is 4.90 Å². The van der Waals surface area contributed by atoms with Crippen LogP contribution in [-0.4, -0.2) is 41.7 Å². The van der Waals surface area contributed by atoms with Crippen molar-refractivity contribution in [2.24, 2.45) is 5.92 Å². The average Bonchev–Trinajstić information content (AvgIpc) is 2.80. The van der Waals surface area contributed by atoms with Crippen LogP contribution in [0.1, 0.15) is 18.4 Å². The molecule has 20 heavy (non-hydrogen) atoms. The van der Waals surface area contributed by atoms with Crippen molar-refractivity contribution in [3.05, 3.63) is 29.6 Å². The fraction of sp³-hybridized carbons (Fsp3) is 0.533. The fourth-order valence-electron chi connectivity index (χ4n) is 3.04. The monoisotopic (exact) mass is 279 g/mol. The molecule has 2 aliphatic rings. The van der Waals surface area contributed by atoms with Crippen LogP contribution in [0.4, 0.5) is 4.39 Å². The molecule has 3 rings (SSSR count). The number of hydrogen-bond donors (Lipinski definition) is 1. The lowest BCUT2D eigenvalue weighted by molar-refractivity contribution is -0.143. The zero-order valence-electron chi connectivity index (χ0n) is 11.2. The van der Waals surface area contributed by atoms with E-state index in [1.165, 1.54) is 12.1 Å². The van der Waals surface area contributed by atoms with Crippen molar-refractivity contribution in [1.29, 1.82) is 0 Å². The number of ether oxygens (including phenoxy) is 1. The highest BCUT2D eigenvalue weighted by Gasteiger charge is 2.29. The number of carbonyl (C=O) groups is 1. The van der Waals surface area contributed by atoms with Crippen LogP contribution < -0.4 is 4.74 Å². The van der Waals surface area contributed by atoms with E-state index in [-0.39, 0.29) is 17.8 Å². The van der Waals surface area contributed by atoms with Gasteiger partial charge in [0.2, 0.25) is 0 Å². The first-order chi connectivity index (χ1) is 9.61. The van der Waals surface area contributed by atoms with Crippen LogP contribution in [-0.2, 0) is 11.2 Å². The Morgan fingerprint density at radius 3 is 2.85 bits per heavy atom. The van der Waals surface area contributed by atoms with E-state index in [4.69, 9.17) is 9.84 Å². The topological polar surface area (TPSA) is 49.8 Å². The Morgan fingerprint density at radius 1 is 1.40 bits per heavy atom. The Morgan fingerprint density at radius 2 is 2.15 bits per heavy atom. The number of carboxylic acid groups (broad SMARTS) is 1. The molecule has 0 radical (unpaired) electrons. The first-order valence-electron chi connectivity index (χ1n) is 7.02. The molecule has 0 spiro atoms. The van der Waals surface area contributed by atoms with E-state index < -0.39 is 5.97 Å². The second-order valence-corrected chi connectivity index (χ2v) is 5.61. The Labute approximate surface area is 117 Å². The summed E-state index contributed by atoms with van der Waals surface area (Å²) in [5, 5.41) is 8.97. The van der Waals surface area contributed by atoms with Gasteiger partial charge in [0, 0.05) is 18.5 Å². The molecule has 0 aliphatic carbocycles. The van der Waals surface area contributed by atoms with Gasteiger partial charge >= 0.3 is 5.97 Å². The van der Waals surface area contributed by atoms with E-state index >= 15 is 0 Å². The van der Waals surface area contributed by atoms with Crippen LogP contribution in [0.15, 0.2) is 18.2 Å². The molecular weight excluding hydrogens is 261 g/mol. The molecule has 108 valence electrons. The lowest BCUT2D eigenvalue weighted by Crippen LogP contribution is -2.41. The smallest absolute Gasteiger partial charge is 0.306 e. The standard InChI is InChI=1S/C15H18FNO3/c16-12-1-2-14-11(7-12)8-13(20-14)9-17-5-3-10(4-6-17)15(18)19/h1-2,7,10,13H,3-6,8-9H2,(H,18,19). The van der Waals surface area contributed by atoms with Crippen LogP contribution in [0.25, 0.3) is 0 Å². The van der Waals surface area contributed by atoms with E-state index in [1.807, 2.05) is 0 Å². The number of rotatable bonds is 3. The number of nitrogens with zero attached hydrogens (tertiary/aromatic N) is 1. The predicted molar refractivity (Wildman–Crippen MR) is 71.3 cm³/mol. The Balaban J connectivity index is 1.53. The summed E-state index contributed by atoms with van der Waals surface area (Å²) < 4.78 is 19.0. The fourth-order valence-corrected chi connectivity index (χ4v) is 3.04. The lowest BCUT2D eigenvalue weighted by Gasteiger charge is -2.31. The molecule has 1 aromatic carbocycles. The first-order valence-corrected chi connectivity index (χ1v) is 7.02. The van der Waals surface area contributed by atoms with Crippen LogP contribution in [0.5, 0.6) is 5.75 Å². The van der Waals surface area contributed by atoms with Gasteiger partial charge in [-0.15, -0.1) is 0 Å². The average molecular weight is 279 g/mol. The van der Waals surface area contributed by atoms with Crippen molar-refractivity contribution in [2.75, 3.05) is 19.6 Å². The quantitative estimate of drug-likeness (QED) is 0.918. The predicted octanol–water partition coefficient (Wildman–Crippen LogP) is 1.93. The minimum atomic E-state index is -0.690. The van der Waals surface area contributed by atoms with Gasteiger partial charge in [-0.1, -0.05) is 0 Å². The maximum Gasteiger partial charge on any atom is 0.306 e. The normalized spacial score (nSPS) is 23.4. The van der Waals surface area contributed by atoms with E-state index in [9.17, 15) is 9.18 Å². The molecule has 4 nitrogen and oxygen atoms in total. The Bertz CT molecular complexity index is 512. The molecule has 0 aromatic heterocycles. The molecule has 0 bridgehead atoms. The largest absolute Gasteiger partial charge is 0.488 e. The van der Waals surface area contributed by atoms with Crippen molar-refractivity contribution in [1.82, 2.24) is 4.90 Å². The molecule has 2 aliphatic heterocycles. The second-order valence-electron chi connectivity index (χ2n) is 5.61. The molecule has 0 amide bonds. The Kier molecular flexibility index (Phi) is 3.61. The van der Waals surface area contributed by atoms with Gasteiger partial charge in [-0.2, -0.15) is 0 Å². The summed E-state index contributed by atoms with van der Waals surface area (Å²) in [6, 6.07) is 4.63. The van der Waals surface area contributed by atoms with Gasteiger partial charge in [0.05, 0.1) is 5.92 Å². The summed E-state index contributed by atoms with van der Waals surface area (Å²) in [5.74, 6) is -0.348. The van der Waals surface area contributed by atoms with Crippen LogP contribution in [0.3, 0.4) is 0 Å². The van der Waals surface area contributed by atoms with Gasteiger partial charge in [0.1, 0.15) is 17.7 Å². The van der Waals surface area contributed by atoms with E-state index in [1.54, 1.807) is 6.07 Å².